The fourth-order valence-electron chi connectivity index (χ4n) is 1.00. The number of nitrogens with one attached hydrogen (secondary N) is 1. The highest BCUT2D eigenvalue weighted by Gasteiger charge is 2.19. The van der Waals surface area contributed by atoms with Gasteiger partial charge in [0.1, 0.15) is 0 Å². The Morgan fingerprint density at radius 1 is 1.53 bits per heavy atom. The lowest BCUT2D eigenvalue weighted by Gasteiger charge is -2.12. The lowest BCUT2D eigenvalue weighted by atomic mass is 9.92. The molecular weight excluding hydrogens is 192 g/mol. The van der Waals surface area contributed by atoms with Gasteiger partial charge in [-0.25, -0.2) is 0 Å². The average molecular weight is 208 g/mol. The van der Waals surface area contributed by atoms with Gasteiger partial charge in [-0.2, -0.15) is 0 Å². The van der Waals surface area contributed by atoms with Crippen molar-refractivity contribution in [1.29, 1.82) is 0 Å². The minimum atomic E-state index is -0.214. The van der Waals surface area contributed by atoms with Gasteiger partial charge in [0.15, 0.2) is 0 Å². The van der Waals surface area contributed by atoms with E-state index in [1.807, 2.05) is 20.8 Å². The van der Waals surface area contributed by atoms with E-state index in [4.69, 9.17) is 4.52 Å². The van der Waals surface area contributed by atoms with Gasteiger partial charge in [-0.3, -0.25) is 10.1 Å². The molecule has 0 fully saturated rings. The summed E-state index contributed by atoms with van der Waals surface area (Å²) >= 11 is 0. The molecule has 0 aliphatic heterocycles. The van der Waals surface area contributed by atoms with Crippen molar-refractivity contribution < 1.29 is 9.32 Å². The summed E-state index contributed by atoms with van der Waals surface area (Å²) in [6.07, 6.45) is 3.09. The van der Waals surface area contributed by atoms with Crippen LogP contribution in [0.5, 0.6) is 0 Å². The van der Waals surface area contributed by atoms with Gasteiger partial charge in [-0.15, -0.1) is 0 Å². The van der Waals surface area contributed by atoms with Crippen LogP contribution in [0, 0.1) is 0 Å². The molecule has 1 heterocycles. The highest BCUT2D eigenvalue weighted by Crippen LogP contribution is 2.23. The quantitative estimate of drug-likeness (QED) is 0.759. The Kier molecular flexibility index (Phi) is 3.29. The smallest absolute Gasteiger partial charge is 0.250 e. The van der Waals surface area contributed by atoms with Crippen molar-refractivity contribution in [3.63, 3.8) is 0 Å². The van der Waals surface area contributed by atoms with Gasteiger partial charge >= 0.3 is 0 Å². The Balaban J connectivity index is 2.73. The highest BCUT2D eigenvalue weighted by molar-refractivity contribution is 5.98. The first kappa shape index (κ1) is 11.5. The molecule has 0 aliphatic rings. The largest absolute Gasteiger partial charge is 0.338 e. The van der Waals surface area contributed by atoms with Crippen molar-refractivity contribution in [2.75, 3.05) is 5.32 Å². The van der Waals surface area contributed by atoms with Crippen LogP contribution < -0.4 is 5.32 Å². The Hall–Kier alpha value is -1.58. The summed E-state index contributed by atoms with van der Waals surface area (Å²) in [5.41, 5.74) is 0.742. The summed E-state index contributed by atoms with van der Waals surface area (Å²) in [6, 6.07) is 1.74. The maximum atomic E-state index is 11.2. The van der Waals surface area contributed by atoms with E-state index in [2.05, 4.69) is 10.5 Å². The van der Waals surface area contributed by atoms with E-state index < -0.39 is 0 Å². The predicted molar refractivity (Wildman–Crippen MR) is 58.6 cm³/mol. The minimum Gasteiger partial charge on any atom is -0.338 e. The Bertz CT molecular complexity index is 372. The fourth-order valence-corrected chi connectivity index (χ4v) is 1.00. The summed E-state index contributed by atoms with van der Waals surface area (Å²) in [4.78, 5) is 11.2. The lowest BCUT2D eigenvalue weighted by Crippen LogP contribution is -2.11. The number of allylic oxidation sites excluding steroid dienone is 1. The van der Waals surface area contributed by atoms with Gasteiger partial charge in [0.05, 0.1) is 5.69 Å². The van der Waals surface area contributed by atoms with Crippen LogP contribution >= 0.6 is 0 Å². The molecule has 1 aromatic rings. The SMILES string of the molecule is C/C=C/C(=O)Nc1cc(C(C)(C)C)no1. The van der Waals surface area contributed by atoms with Gasteiger partial charge in [0.25, 0.3) is 0 Å². The molecule has 1 amide bonds. The van der Waals surface area contributed by atoms with Crippen LogP contribution in [0.3, 0.4) is 0 Å². The third-order valence-electron chi connectivity index (χ3n) is 1.84. The Labute approximate surface area is 89.3 Å². The number of carbonyl (C=O) groups is 1. The number of rotatable bonds is 2. The second kappa shape index (κ2) is 4.29. The van der Waals surface area contributed by atoms with E-state index in [0.717, 1.165) is 5.69 Å². The first-order valence-corrected chi connectivity index (χ1v) is 4.84. The second-order valence-electron chi connectivity index (χ2n) is 4.32. The maximum absolute atomic E-state index is 11.2. The van der Waals surface area contributed by atoms with Crippen LogP contribution in [0.15, 0.2) is 22.7 Å². The summed E-state index contributed by atoms with van der Waals surface area (Å²) in [5, 5.41) is 6.47. The number of carbonyl (C=O) groups excluding carboxylic acids is 1. The topological polar surface area (TPSA) is 55.1 Å². The summed E-state index contributed by atoms with van der Waals surface area (Å²) in [7, 11) is 0. The normalized spacial score (nSPS) is 12.0. The van der Waals surface area contributed by atoms with Gasteiger partial charge in [-0.1, -0.05) is 32.0 Å². The molecule has 1 aromatic heterocycles. The standard InChI is InChI=1S/C11H16N2O2/c1-5-6-9(14)12-10-7-8(13-15-10)11(2,3)4/h5-7H,1-4H3,(H,12,14)/b6-5+. The molecule has 0 spiro atoms. The van der Waals surface area contributed by atoms with E-state index in [1.54, 1.807) is 19.1 Å². The molecule has 0 radical (unpaired) electrons. The van der Waals surface area contributed by atoms with Gasteiger partial charge in [-0.05, 0) is 13.0 Å². The number of hydrogen-bond donors (Lipinski definition) is 1. The Morgan fingerprint density at radius 3 is 2.67 bits per heavy atom. The molecule has 0 bridgehead atoms. The molecule has 15 heavy (non-hydrogen) atoms. The average Bonchev–Trinajstić information content (AvgIpc) is 2.52. The molecule has 4 nitrogen and oxygen atoms in total. The van der Waals surface area contributed by atoms with Crippen LogP contribution in [0.4, 0.5) is 5.88 Å². The molecule has 0 saturated carbocycles. The van der Waals surface area contributed by atoms with Crippen LogP contribution in [0.2, 0.25) is 0 Å². The van der Waals surface area contributed by atoms with Crippen molar-refractivity contribution in [2.24, 2.45) is 0 Å². The molecule has 0 unspecified atom stereocenters. The van der Waals surface area contributed by atoms with Crippen molar-refractivity contribution in [2.45, 2.75) is 33.1 Å². The molecule has 1 rings (SSSR count). The second-order valence-corrected chi connectivity index (χ2v) is 4.32. The van der Waals surface area contributed by atoms with E-state index in [9.17, 15) is 4.79 Å². The monoisotopic (exact) mass is 208 g/mol. The first-order valence-electron chi connectivity index (χ1n) is 4.84. The van der Waals surface area contributed by atoms with Crippen molar-refractivity contribution in [3.8, 4) is 0 Å². The van der Waals surface area contributed by atoms with Crippen LogP contribution in [-0.4, -0.2) is 11.1 Å². The van der Waals surface area contributed by atoms with Gasteiger partial charge in [0.2, 0.25) is 11.8 Å². The van der Waals surface area contributed by atoms with E-state index >= 15 is 0 Å². The molecular formula is C11H16N2O2. The molecule has 0 saturated heterocycles. The molecule has 0 aromatic carbocycles. The lowest BCUT2D eigenvalue weighted by molar-refractivity contribution is -0.112. The zero-order valence-electron chi connectivity index (χ0n) is 9.50. The molecule has 4 heteroatoms. The maximum Gasteiger partial charge on any atom is 0.250 e. The van der Waals surface area contributed by atoms with Crippen molar-refractivity contribution in [1.82, 2.24) is 5.16 Å². The summed E-state index contributed by atoms with van der Waals surface area (Å²) in [6.45, 7) is 7.87. The highest BCUT2D eigenvalue weighted by atomic mass is 16.5. The van der Waals surface area contributed by atoms with E-state index in [1.165, 1.54) is 6.08 Å². The Morgan fingerprint density at radius 2 is 2.20 bits per heavy atom. The van der Waals surface area contributed by atoms with Crippen LogP contribution in [-0.2, 0) is 10.2 Å². The number of hydrogen-bond acceptors (Lipinski definition) is 3. The number of amides is 1. The number of anilines is 1. The molecule has 0 aliphatic carbocycles. The number of nitrogens with zero attached hydrogens (tertiary/aromatic N) is 1. The number of aromatic nitrogens is 1. The zero-order chi connectivity index (χ0) is 11.5. The van der Waals surface area contributed by atoms with Gasteiger partial charge in [0, 0.05) is 11.5 Å². The van der Waals surface area contributed by atoms with Crippen LogP contribution in [0.25, 0.3) is 0 Å². The minimum absolute atomic E-state index is 0.0763. The van der Waals surface area contributed by atoms with Crippen LogP contribution in [0.1, 0.15) is 33.4 Å². The third kappa shape index (κ3) is 3.23. The van der Waals surface area contributed by atoms with Gasteiger partial charge < -0.3 is 4.52 Å². The molecule has 82 valence electrons. The van der Waals surface area contributed by atoms with Crippen molar-refractivity contribution in [3.05, 3.63) is 23.9 Å². The zero-order valence-corrected chi connectivity index (χ0v) is 9.50. The fraction of sp³-hybridized carbons (Fsp3) is 0.455. The van der Waals surface area contributed by atoms with E-state index in [-0.39, 0.29) is 11.3 Å². The van der Waals surface area contributed by atoms with E-state index in [0.29, 0.717) is 5.88 Å². The summed E-state index contributed by atoms with van der Waals surface area (Å²) < 4.78 is 4.99. The van der Waals surface area contributed by atoms with Crippen molar-refractivity contribution >= 4 is 11.8 Å². The summed E-state index contributed by atoms with van der Waals surface area (Å²) in [5.74, 6) is 0.164. The molecule has 1 N–H and O–H groups in total. The first-order chi connectivity index (χ1) is 6.93. The molecule has 0 atom stereocenters. The predicted octanol–water partition coefficient (Wildman–Crippen LogP) is 2.49. The third-order valence-corrected chi connectivity index (χ3v) is 1.84.